The van der Waals surface area contributed by atoms with E-state index < -0.39 is 74.1 Å². The number of hydrogen-bond donors (Lipinski definition) is 8. The van der Waals surface area contributed by atoms with Crippen LogP contribution >= 0.6 is 0 Å². The highest BCUT2D eigenvalue weighted by Crippen LogP contribution is 2.26. The molecule has 2 fully saturated rings. The summed E-state index contributed by atoms with van der Waals surface area (Å²) >= 11 is 0. The minimum absolute atomic E-state index is 0.132. The zero-order chi connectivity index (χ0) is 37.4. The molecule has 20 nitrogen and oxygen atoms in total. The summed E-state index contributed by atoms with van der Waals surface area (Å²) in [5.41, 5.74) is 1.11. The van der Waals surface area contributed by atoms with Gasteiger partial charge in [-0.05, 0) is 37.1 Å². The van der Waals surface area contributed by atoms with E-state index in [2.05, 4.69) is 31.3 Å². The van der Waals surface area contributed by atoms with Crippen LogP contribution in [0.25, 0.3) is 0 Å². The van der Waals surface area contributed by atoms with Crippen LogP contribution in [0, 0.1) is 0 Å². The Balaban J connectivity index is 1.05. The average Bonchev–Trinajstić information content (AvgIpc) is 3.79. The molecule has 0 radical (unpaired) electrons. The van der Waals surface area contributed by atoms with E-state index in [9.17, 15) is 40.2 Å². The van der Waals surface area contributed by atoms with Crippen LogP contribution in [0.1, 0.15) is 38.1 Å². The standard InChI is InChI=1S/C32H46N8O12/c1-17(43)33-27-23(51-25(13-41)29(45)31(27)47)7-9-39-11-19(35-37-39)15-49-21-3-5-22(6-4-21)50-16-20-12-40(38-36-20)10-8-24-28(34-18(2)44)32(48)30(46)26(14-42)52-24/h3-6,11-12,23-32,41-42,45-48H,7-10,13-16H2,1-2H3,(H,33,43)(H,34,44)/t23-,24-,25+,26+,27-,28-,29+,30+,31+,32+/m0/s1. The second kappa shape index (κ2) is 18.0. The number of ether oxygens (including phenoxy) is 4. The molecule has 0 aliphatic carbocycles. The molecule has 20 heteroatoms. The number of amides is 2. The first-order chi connectivity index (χ1) is 24.9. The van der Waals surface area contributed by atoms with E-state index in [1.165, 1.54) is 13.8 Å². The molecule has 5 rings (SSSR count). The molecule has 2 aliphatic heterocycles. The molecular weight excluding hydrogens is 688 g/mol. The van der Waals surface area contributed by atoms with Gasteiger partial charge < -0.3 is 60.2 Å². The number of nitrogens with zero attached hydrogens (tertiary/aromatic N) is 6. The molecule has 52 heavy (non-hydrogen) atoms. The van der Waals surface area contributed by atoms with Gasteiger partial charge in [0.2, 0.25) is 11.8 Å². The molecule has 2 amide bonds. The van der Waals surface area contributed by atoms with Gasteiger partial charge in [-0.2, -0.15) is 0 Å². The van der Waals surface area contributed by atoms with Crippen LogP contribution in [0.3, 0.4) is 0 Å². The Morgan fingerprint density at radius 1 is 0.673 bits per heavy atom. The highest BCUT2D eigenvalue weighted by Gasteiger charge is 2.45. The number of benzene rings is 1. The Kier molecular flexibility index (Phi) is 13.5. The third kappa shape index (κ3) is 9.98. The molecule has 2 aromatic heterocycles. The number of aromatic nitrogens is 6. The summed E-state index contributed by atoms with van der Waals surface area (Å²) < 4.78 is 26.3. The second-order valence-corrected chi connectivity index (χ2v) is 12.8. The highest BCUT2D eigenvalue weighted by atomic mass is 16.5. The van der Waals surface area contributed by atoms with Gasteiger partial charge in [0.25, 0.3) is 0 Å². The number of rotatable bonds is 16. The van der Waals surface area contributed by atoms with Crippen molar-refractivity contribution in [2.24, 2.45) is 0 Å². The van der Waals surface area contributed by atoms with Crippen LogP contribution in [0.15, 0.2) is 36.7 Å². The summed E-state index contributed by atoms with van der Waals surface area (Å²) in [6.07, 6.45) is -4.65. The van der Waals surface area contributed by atoms with Gasteiger partial charge in [-0.15, -0.1) is 10.2 Å². The quantitative estimate of drug-likeness (QED) is 0.0719. The maximum absolute atomic E-state index is 11.7. The minimum atomic E-state index is -1.35. The van der Waals surface area contributed by atoms with Crippen molar-refractivity contribution in [2.45, 2.75) is 114 Å². The monoisotopic (exact) mass is 734 g/mol. The number of carbonyl (C=O) groups excluding carboxylic acids is 2. The van der Waals surface area contributed by atoms with Crippen LogP contribution in [-0.2, 0) is 45.4 Å². The zero-order valence-corrected chi connectivity index (χ0v) is 28.7. The predicted octanol–water partition coefficient (Wildman–Crippen LogP) is -3.22. The Bertz CT molecular complexity index is 1480. The van der Waals surface area contributed by atoms with Crippen molar-refractivity contribution in [1.29, 1.82) is 0 Å². The number of aliphatic hydroxyl groups excluding tert-OH is 6. The van der Waals surface area contributed by atoms with Crippen molar-refractivity contribution in [1.82, 2.24) is 40.6 Å². The highest BCUT2D eigenvalue weighted by molar-refractivity contribution is 5.73. The van der Waals surface area contributed by atoms with E-state index in [4.69, 9.17) is 18.9 Å². The van der Waals surface area contributed by atoms with E-state index >= 15 is 0 Å². The summed E-state index contributed by atoms with van der Waals surface area (Å²) in [6.45, 7) is 2.54. The smallest absolute Gasteiger partial charge is 0.217 e. The predicted molar refractivity (Wildman–Crippen MR) is 175 cm³/mol. The van der Waals surface area contributed by atoms with Crippen LogP contribution in [0.4, 0.5) is 0 Å². The SMILES string of the molecule is CC(=O)N[C@@H]1[C@@H](O)[C@H](O)[C@@H](CO)O[C@H]1CCn1cc(COc2ccc(OCc3cn(CC[C@@H]4O[C@H](CO)[C@@H](O)[C@H](O)[C@H]4NC(C)=O)nn3)cc2)nn1. The third-order valence-corrected chi connectivity index (χ3v) is 8.85. The summed E-state index contributed by atoms with van der Waals surface area (Å²) in [7, 11) is 0. The number of carbonyl (C=O) groups is 2. The van der Waals surface area contributed by atoms with Crippen molar-refractivity contribution in [3.8, 4) is 11.5 Å². The van der Waals surface area contributed by atoms with Gasteiger partial charge in [-0.3, -0.25) is 19.0 Å². The van der Waals surface area contributed by atoms with Crippen molar-refractivity contribution >= 4 is 11.8 Å². The van der Waals surface area contributed by atoms with Crippen molar-refractivity contribution < 1.29 is 59.2 Å². The summed E-state index contributed by atoms with van der Waals surface area (Å²) in [4.78, 5) is 23.3. The van der Waals surface area contributed by atoms with E-state index in [1.807, 2.05) is 0 Å². The van der Waals surface area contributed by atoms with E-state index in [1.54, 1.807) is 46.0 Å². The van der Waals surface area contributed by atoms with Crippen molar-refractivity contribution in [3.63, 3.8) is 0 Å². The lowest BCUT2D eigenvalue weighted by Gasteiger charge is -2.42. The molecule has 0 spiro atoms. The maximum Gasteiger partial charge on any atom is 0.217 e. The van der Waals surface area contributed by atoms with E-state index in [-0.39, 0.29) is 25.0 Å². The molecule has 1 aromatic carbocycles. The van der Waals surface area contributed by atoms with Crippen LogP contribution in [0.2, 0.25) is 0 Å². The van der Waals surface area contributed by atoms with Crippen LogP contribution in [-0.4, -0.2) is 147 Å². The second-order valence-electron chi connectivity index (χ2n) is 12.8. The molecule has 0 unspecified atom stereocenters. The lowest BCUT2D eigenvalue weighted by molar-refractivity contribution is -0.197. The van der Waals surface area contributed by atoms with Gasteiger partial charge in [-0.25, -0.2) is 0 Å². The van der Waals surface area contributed by atoms with Crippen LogP contribution < -0.4 is 20.1 Å². The lowest BCUT2D eigenvalue weighted by atomic mass is 9.91. The van der Waals surface area contributed by atoms with Crippen molar-refractivity contribution in [2.75, 3.05) is 13.2 Å². The fraction of sp³-hybridized carbons (Fsp3) is 0.625. The topological polar surface area (TPSA) is 278 Å². The third-order valence-electron chi connectivity index (χ3n) is 8.85. The maximum atomic E-state index is 11.7. The van der Waals surface area contributed by atoms with E-state index in [0.29, 0.717) is 48.8 Å². The zero-order valence-electron chi connectivity index (χ0n) is 28.7. The number of aliphatic hydroxyl groups is 6. The molecule has 4 heterocycles. The Hall–Kier alpha value is -4.28. The molecule has 0 bridgehead atoms. The van der Waals surface area contributed by atoms with Gasteiger partial charge in [-0.1, -0.05) is 10.4 Å². The normalized spacial score (nSPS) is 29.0. The Morgan fingerprint density at radius 2 is 1.06 bits per heavy atom. The molecule has 2 saturated heterocycles. The molecule has 10 atom stereocenters. The largest absolute Gasteiger partial charge is 0.487 e. The summed E-state index contributed by atoms with van der Waals surface area (Å²) in [5.74, 6) is 0.347. The first-order valence-corrected chi connectivity index (χ1v) is 16.9. The Morgan fingerprint density at radius 3 is 1.40 bits per heavy atom. The van der Waals surface area contributed by atoms with Gasteiger partial charge in [0.1, 0.15) is 72.7 Å². The average molecular weight is 735 g/mol. The summed E-state index contributed by atoms with van der Waals surface area (Å²) in [6, 6.07) is 5.20. The van der Waals surface area contributed by atoms with Gasteiger partial charge in [0, 0.05) is 26.9 Å². The summed E-state index contributed by atoms with van der Waals surface area (Å²) in [5, 5.41) is 82.1. The molecular formula is C32H46N8O12. The number of nitrogens with one attached hydrogen (secondary N) is 2. The molecule has 0 saturated carbocycles. The minimum Gasteiger partial charge on any atom is -0.487 e. The number of aryl methyl sites for hydroxylation is 2. The first-order valence-electron chi connectivity index (χ1n) is 16.9. The number of hydrogen-bond acceptors (Lipinski definition) is 16. The van der Waals surface area contributed by atoms with E-state index in [0.717, 1.165) is 0 Å². The van der Waals surface area contributed by atoms with Gasteiger partial charge in [0.15, 0.2) is 0 Å². The van der Waals surface area contributed by atoms with Crippen molar-refractivity contribution in [3.05, 3.63) is 48.0 Å². The van der Waals surface area contributed by atoms with Crippen LogP contribution in [0.5, 0.6) is 11.5 Å². The fourth-order valence-corrected chi connectivity index (χ4v) is 6.20. The molecule has 286 valence electrons. The molecule has 8 N–H and O–H groups in total. The Labute approximate surface area is 298 Å². The fourth-order valence-electron chi connectivity index (χ4n) is 6.20. The molecule has 2 aliphatic rings. The van der Waals surface area contributed by atoms with Gasteiger partial charge in [0.05, 0.1) is 49.9 Å². The van der Waals surface area contributed by atoms with Gasteiger partial charge >= 0.3 is 0 Å². The first kappa shape index (κ1) is 38.9. The molecule has 3 aromatic rings. The lowest BCUT2D eigenvalue weighted by Crippen LogP contribution is -2.64.